The standard InChI is InChI=1S/C10H16N2O4/c1-3-4-11-6-8(13)12-7-10(2,16)5-9(14)15/h1,11,16H,4-7H2,2H3,(H,12,13)(H,14,15). The summed E-state index contributed by atoms with van der Waals surface area (Å²) in [4.78, 5) is 21.5. The monoisotopic (exact) mass is 228 g/mol. The van der Waals surface area contributed by atoms with E-state index < -0.39 is 18.0 Å². The Morgan fingerprint density at radius 1 is 1.50 bits per heavy atom. The number of hydrogen-bond donors (Lipinski definition) is 4. The van der Waals surface area contributed by atoms with Gasteiger partial charge in [0.2, 0.25) is 5.91 Å². The highest BCUT2D eigenvalue weighted by molar-refractivity contribution is 5.78. The maximum Gasteiger partial charge on any atom is 0.306 e. The van der Waals surface area contributed by atoms with E-state index in [0.29, 0.717) is 0 Å². The highest BCUT2D eigenvalue weighted by Crippen LogP contribution is 2.06. The van der Waals surface area contributed by atoms with Crippen LogP contribution in [0.4, 0.5) is 0 Å². The van der Waals surface area contributed by atoms with Gasteiger partial charge in [-0.15, -0.1) is 6.42 Å². The van der Waals surface area contributed by atoms with Gasteiger partial charge in [0.1, 0.15) is 0 Å². The molecule has 0 radical (unpaired) electrons. The van der Waals surface area contributed by atoms with Crippen molar-refractivity contribution in [2.45, 2.75) is 18.9 Å². The first-order valence-corrected chi connectivity index (χ1v) is 4.72. The highest BCUT2D eigenvalue weighted by atomic mass is 16.4. The van der Waals surface area contributed by atoms with Crippen LogP contribution in [0.3, 0.4) is 0 Å². The molecule has 0 aromatic heterocycles. The Hall–Kier alpha value is -1.58. The molecule has 6 heteroatoms. The number of carbonyl (C=O) groups excluding carboxylic acids is 1. The molecule has 16 heavy (non-hydrogen) atoms. The van der Waals surface area contributed by atoms with Crippen LogP contribution < -0.4 is 10.6 Å². The summed E-state index contributed by atoms with van der Waals surface area (Å²) < 4.78 is 0. The predicted molar refractivity (Wildman–Crippen MR) is 57.6 cm³/mol. The van der Waals surface area contributed by atoms with Crippen molar-refractivity contribution in [2.75, 3.05) is 19.6 Å². The summed E-state index contributed by atoms with van der Waals surface area (Å²) in [6.07, 6.45) is 4.54. The molecule has 0 bridgehead atoms. The number of amides is 1. The summed E-state index contributed by atoms with van der Waals surface area (Å²) in [6.45, 7) is 1.54. The first-order valence-electron chi connectivity index (χ1n) is 4.72. The highest BCUT2D eigenvalue weighted by Gasteiger charge is 2.24. The average Bonchev–Trinajstić information content (AvgIpc) is 2.13. The van der Waals surface area contributed by atoms with Crippen molar-refractivity contribution in [3.8, 4) is 12.3 Å². The van der Waals surface area contributed by atoms with Crippen molar-refractivity contribution in [3.63, 3.8) is 0 Å². The Balaban J connectivity index is 3.82. The fourth-order valence-corrected chi connectivity index (χ4v) is 0.988. The number of aliphatic hydroxyl groups is 1. The van der Waals surface area contributed by atoms with Gasteiger partial charge in [-0.25, -0.2) is 0 Å². The number of hydrogen-bond acceptors (Lipinski definition) is 4. The lowest BCUT2D eigenvalue weighted by molar-refractivity contribution is -0.142. The summed E-state index contributed by atoms with van der Waals surface area (Å²) in [5, 5.41) is 23.1. The molecule has 0 saturated heterocycles. The number of aliphatic carboxylic acids is 1. The molecule has 0 aromatic carbocycles. The SMILES string of the molecule is C#CCNCC(=O)NCC(C)(O)CC(=O)O. The molecule has 0 aromatic rings. The van der Waals surface area contributed by atoms with E-state index in [4.69, 9.17) is 11.5 Å². The Kier molecular flexibility index (Phi) is 6.15. The van der Waals surface area contributed by atoms with Crippen LogP contribution in [0.1, 0.15) is 13.3 Å². The van der Waals surface area contributed by atoms with E-state index in [1.807, 2.05) is 0 Å². The van der Waals surface area contributed by atoms with Crippen molar-refractivity contribution >= 4 is 11.9 Å². The third kappa shape index (κ3) is 7.79. The number of terminal acetylenes is 1. The molecule has 6 nitrogen and oxygen atoms in total. The smallest absolute Gasteiger partial charge is 0.306 e. The molecule has 1 amide bonds. The Morgan fingerprint density at radius 2 is 2.12 bits per heavy atom. The van der Waals surface area contributed by atoms with Gasteiger partial charge >= 0.3 is 5.97 Å². The number of carboxylic acids is 1. The van der Waals surface area contributed by atoms with Gasteiger partial charge in [-0.2, -0.15) is 0 Å². The fraction of sp³-hybridized carbons (Fsp3) is 0.600. The number of carbonyl (C=O) groups is 2. The number of carboxylic acid groups (broad SMARTS) is 1. The van der Waals surface area contributed by atoms with Gasteiger partial charge in [0.15, 0.2) is 0 Å². The van der Waals surface area contributed by atoms with Gasteiger partial charge in [-0.1, -0.05) is 5.92 Å². The van der Waals surface area contributed by atoms with Crippen LogP contribution in [0, 0.1) is 12.3 Å². The van der Waals surface area contributed by atoms with E-state index in [9.17, 15) is 14.7 Å². The van der Waals surface area contributed by atoms with E-state index in [0.717, 1.165) is 0 Å². The second-order valence-corrected chi connectivity index (χ2v) is 3.65. The second kappa shape index (κ2) is 6.82. The molecule has 0 saturated carbocycles. The van der Waals surface area contributed by atoms with Crippen LogP contribution in [-0.4, -0.2) is 47.3 Å². The summed E-state index contributed by atoms with van der Waals surface area (Å²) in [7, 11) is 0. The number of rotatable bonds is 7. The molecule has 0 spiro atoms. The quantitative estimate of drug-likeness (QED) is 0.316. The summed E-state index contributed by atoms with van der Waals surface area (Å²) in [5.41, 5.74) is -1.45. The van der Waals surface area contributed by atoms with E-state index in [-0.39, 0.29) is 25.5 Å². The summed E-state index contributed by atoms with van der Waals surface area (Å²) >= 11 is 0. The van der Waals surface area contributed by atoms with Crippen LogP contribution in [-0.2, 0) is 9.59 Å². The zero-order valence-electron chi connectivity index (χ0n) is 9.12. The van der Waals surface area contributed by atoms with Gasteiger partial charge in [0.25, 0.3) is 0 Å². The molecule has 1 atom stereocenters. The Labute approximate surface area is 94.0 Å². The van der Waals surface area contributed by atoms with Crippen LogP contribution in [0.5, 0.6) is 0 Å². The van der Waals surface area contributed by atoms with Crippen molar-refractivity contribution < 1.29 is 19.8 Å². The maximum absolute atomic E-state index is 11.1. The third-order valence-corrected chi connectivity index (χ3v) is 1.71. The van der Waals surface area contributed by atoms with Gasteiger partial charge < -0.3 is 15.5 Å². The van der Waals surface area contributed by atoms with Gasteiger partial charge in [-0.3, -0.25) is 14.9 Å². The lowest BCUT2D eigenvalue weighted by atomic mass is 10.0. The minimum Gasteiger partial charge on any atom is -0.481 e. The second-order valence-electron chi connectivity index (χ2n) is 3.65. The minimum atomic E-state index is -1.45. The van der Waals surface area contributed by atoms with Gasteiger partial charge in [-0.05, 0) is 6.92 Å². The molecule has 0 heterocycles. The number of nitrogens with one attached hydrogen (secondary N) is 2. The Bertz CT molecular complexity index is 294. The summed E-state index contributed by atoms with van der Waals surface area (Å²) in [5.74, 6) is 0.836. The molecule has 0 aliphatic heterocycles. The van der Waals surface area contributed by atoms with Crippen LogP contribution in [0.15, 0.2) is 0 Å². The predicted octanol–water partition coefficient (Wildman–Crippen LogP) is -1.45. The van der Waals surface area contributed by atoms with E-state index in [1.165, 1.54) is 6.92 Å². The molecule has 0 fully saturated rings. The van der Waals surface area contributed by atoms with Crippen LogP contribution in [0.25, 0.3) is 0 Å². The average molecular weight is 228 g/mol. The van der Waals surface area contributed by atoms with Crippen LogP contribution in [0.2, 0.25) is 0 Å². The van der Waals surface area contributed by atoms with Crippen molar-refractivity contribution in [3.05, 3.63) is 0 Å². The largest absolute Gasteiger partial charge is 0.481 e. The lowest BCUT2D eigenvalue weighted by Crippen LogP contribution is -2.44. The molecular weight excluding hydrogens is 212 g/mol. The van der Waals surface area contributed by atoms with Crippen molar-refractivity contribution in [1.29, 1.82) is 0 Å². The zero-order valence-corrected chi connectivity index (χ0v) is 9.12. The summed E-state index contributed by atoms with van der Waals surface area (Å²) in [6, 6.07) is 0. The van der Waals surface area contributed by atoms with Crippen LogP contribution >= 0.6 is 0 Å². The Morgan fingerprint density at radius 3 is 2.62 bits per heavy atom. The van der Waals surface area contributed by atoms with E-state index >= 15 is 0 Å². The molecule has 1 unspecified atom stereocenters. The van der Waals surface area contributed by atoms with E-state index in [2.05, 4.69) is 16.6 Å². The fourth-order valence-electron chi connectivity index (χ4n) is 0.988. The molecule has 0 aliphatic carbocycles. The van der Waals surface area contributed by atoms with E-state index in [1.54, 1.807) is 0 Å². The molecule has 0 aliphatic rings. The molecular formula is C10H16N2O4. The van der Waals surface area contributed by atoms with Gasteiger partial charge in [0, 0.05) is 6.54 Å². The lowest BCUT2D eigenvalue weighted by Gasteiger charge is -2.21. The van der Waals surface area contributed by atoms with Crippen molar-refractivity contribution in [1.82, 2.24) is 10.6 Å². The third-order valence-electron chi connectivity index (χ3n) is 1.71. The van der Waals surface area contributed by atoms with Gasteiger partial charge in [0.05, 0.1) is 25.1 Å². The first kappa shape index (κ1) is 14.4. The first-order chi connectivity index (χ1) is 7.37. The molecule has 90 valence electrons. The van der Waals surface area contributed by atoms with Crippen molar-refractivity contribution in [2.24, 2.45) is 0 Å². The zero-order chi connectivity index (χ0) is 12.6. The molecule has 0 rings (SSSR count). The normalized spacial score (nSPS) is 13.6. The molecule has 4 N–H and O–H groups in total. The minimum absolute atomic E-state index is 0.0351. The topological polar surface area (TPSA) is 98.7 Å². The maximum atomic E-state index is 11.1.